The molecule has 12 heterocycles. The summed E-state index contributed by atoms with van der Waals surface area (Å²) in [6.07, 6.45) is 11.9. The number of nitriles is 2. The normalized spacial score (nSPS) is 22.1. The Balaban J connectivity index is 0.000000147. The van der Waals surface area contributed by atoms with Crippen LogP contribution in [0.1, 0.15) is 90.3 Å². The van der Waals surface area contributed by atoms with E-state index in [4.69, 9.17) is 50.7 Å². The lowest BCUT2D eigenvalue weighted by Gasteiger charge is -2.42. The first-order valence-electron chi connectivity index (χ1n) is 45.1. The zero-order valence-corrected chi connectivity index (χ0v) is 75.0. The Hall–Kier alpha value is -12.1. The number of ether oxygens (including phenoxy) is 3. The van der Waals surface area contributed by atoms with E-state index in [-0.39, 0.29) is 73.9 Å². The van der Waals surface area contributed by atoms with Crippen LogP contribution >= 0.6 is 0 Å². The first-order valence-corrected chi connectivity index (χ1v) is 45.1. The molecule has 28 nitrogen and oxygen atoms in total. The van der Waals surface area contributed by atoms with Crippen molar-refractivity contribution in [3.63, 3.8) is 0 Å². The highest BCUT2D eigenvalue weighted by molar-refractivity contribution is 5.96. The number of hydrogen-bond acceptors (Lipinski definition) is 24. The summed E-state index contributed by atoms with van der Waals surface area (Å²) < 4.78 is 33.3. The van der Waals surface area contributed by atoms with Crippen LogP contribution < -0.4 is 43.6 Å². The molecule has 0 bridgehead atoms. The molecule has 9 aliphatic rings. The topological polar surface area (TPSA) is 250 Å². The van der Waals surface area contributed by atoms with Gasteiger partial charge in [0, 0.05) is 161 Å². The summed E-state index contributed by atoms with van der Waals surface area (Å²) >= 11 is 0. The van der Waals surface area contributed by atoms with Gasteiger partial charge in [-0.3, -0.25) is 24.2 Å². The van der Waals surface area contributed by atoms with Gasteiger partial charge in [-0.05, 0) is 159 Å². The molecule has 0 spiro atoms. The van der Waals surface area contributed by atoms with Crippen molar-refractivity contribution >= 4 is 73.8 Å². The standard InChI is InChI=1S/C34H48N8O2.C32H36FN7O2.C32H37N7O2/c1-24-19-28(39(6)20-24)23-44-34-36-30-22-40(31-10-7-9-25(2)26(31)3)16-13-29(30)33(37-34)41-17-18-42(27(21-41)12-14-35)32(43)11-8-15-38(4)5;1-3-30(41)40-18-17-39(19-23(40)11-14-34)31-25-12-16-38(28-10-6-8-22-7-4-5-9-24(22)28)20-27(25)35-32(36-31)42-21-29-26(33)13-15-37(29)2;1-4-30(40)38-17-18-39(25(20-38)19-33-2)31-27-14-16-37(29-13-7-10-23-9-5-6-12-26(23)29)21-28(27)34-32(35-31)41-22-24-11-8-15-36(24)3/h7-11,24,27-28H,12-13,15-23H2,1-6H3;3-10,23,26,29H,1,11-13,15-21H2,2H3;4-7,9-10,12-13,24-25H,1,8,11,14-22H2,3H3/b11-8+;;/t24-,27+,28+;23-,26+,29+;24-,25?/m100/s1. The van der Waals surface area contributed by atoms with Crippen molar-refractivity contribution in [3.05, 3.63) is 197 Å². The average Bonchev–Trinajstić information content (AvgIpc) is 1.41. The van der Waals surface area contributed by atoms with Crippen LogP contribution in [-0.4, -0.2) is 291 Å². The molecule has 5 aromatic carbocycles. The van der Waals surface area contributed by atoms with Gasteiger partial charge in [-0.15, -0.1) is 0 Å². The maximum atomic E-state index is 14.6. The number of likely N-dealkylation sites (tertiary alicyclic amines) is 3. The summed E-state index contributed by atoms with van der Waals surface area (Å²) in [6.45, 7) is 35.9. The minimum Gasteiger partial charge on any atom is -0.462 e. The van der Waals surface area contributed by atoms with E-state index in [1.165, 1.54) is 62.6 Å². The number of rotatable bonds is 23. The number of anilines is 6. The molecule has 8 atom stereocenters. The van der Waals surface area contributed by atoms with Crippen LogP contribution in [0.2, 0.25) is 0 Å². The summed E-state index contributed by atoms with van der Waals surface area (Å²) in [5.74, 6) is 2.85. The molecule has 127 heavy (non-hydrogen) atoms. The number of hydrogen-bond donors (Lipinski definition) is 0. The van der Waals surface area contributed by atoms with Gasteiger partial charge in [-0.1, -0.05) is 111 Å². The van der Waals surface area contributed by atoms with Crippen LogP contribution in [0, 0.1) is 49.0 Å². The number of carbonyl (C=O) groups excluding carboxylic acids is 3. The molecule has 6 fully saturated rings. The number of benzene rings is 5. The zero-order chi connectivity index (χ0) is 88.9. The van der Waals surface area contributed by atoms with Crippen LogP contribution in [0.15, 0.2) is 141 Å². The van der Waals surface area contributed by atoms with Crippen LogP contribution in [-0.2, 0) is 53.3 Å². The monoisotopic (exact) mass is 1720 g/mol. The third kappa shape index (κ3) is 20.6. The Morgan fingerprint density at radius 2 is 1.05 bits per heavy atom. The minimum absolute atomic E-state index is 0.0421. The van der Waals surface area contributed by atoms with E-state index in [2.05, 4.69) is 201 Å². The SMILES string of the molecule is C=CC(=O)N1CCN(c2nc(OC[C@@H]3[C@H](F)CCN3C)nc3c2CCN(c2cccc4ccccc24)C3)C[C@@H]1CC#N.Cc1cccc(N2CCc3c(nc(OC[C@@H]4C[C@@H](C)CN4C)nc3N3CCN(C(=O)/C=C/CN(C)C)[C@@H](CC#N)C3)C2)c1C.[C-]#[N+]CC1CN(C(=O)C=C)CCN1c1nc(OC[C@@H]2CCCN2C)nc2c1CCN(c1cccc3ccccc13)C2. The third-order valence-corrected chi connectivity index (χ3v) is 26.9. The van der Waals surface area contributed by atoms with Gasteiger partial charge in [0.1, 0.15) is 49.5 Å². The number of aromatic nitrogens is 6. The molecule has 3 amide bonds. The molecule has 3 aromatic heterocycles. The maximum absolute atomic E-state index is 14.6. The maximum Gasteiger partial charge on any atom is 0.318 e. The highest BCUT2D eigenvalue weighted by Gasteiger charge is 2.41. The summed E-state index contributed by atoms with van der Waals surface area (Å²) in [4.78, 5) is 99.3. The fourth-order valence-electron chi connectivity index (χ4n) is 19.8. The van der Waals surface area contributed by atoms with Crippen LogP contribution in [0.4, 0.5) is 38.9 Å². The van der Waals surface area contributed by atoms with E-state index in [1.807, 2.05) is 48.0 Å². The molecule has 0 N–H and O–H groups in total. The Morgan fingerprint density at radius 1 is 0.535 bits per heavy atom. The van der Waals surface area contributed by atoms with Crippen LogP contribution in [0.5, 0.6) is 18.0 Å². The number of likely N-dealkylation sites (N-methyl/N-ethyl adjacent to an activating group) is 4. The molecule has 0 radical (unpaired) electrons. The molecular formula is C98H121FN22O6. The number of nitrogens with zero attached hydrogens (tertiary/aromatic N) is 22. The van der Waals surface area contributed by atoms with Crippen molar-refractivity contribution in [1.29, 1.82) is 10.5 Å². The average molecular weight is 1720 g/mol. The Bertz CT molecular complexity index is 5440. The van der Waals surface area contributed by atoms with Gasteiger partial charge in [0.15, 0.2) is 0 Å². The number of alkyl halides is 1. The number of fused-ring (bicyclic) bond motifs is 5. The molecule has 9 aliphatic heterocycles. The Labute approximate surface area is 746 Å². The highest BCUT2D eigenvalue weighted by Crippen LogP contribution is 2.41. The number of aryl methyl sites for hydroxylation is 1. The zero-order valence-electron chi connectivity index (χ0n) is 75.0. The van der Waals surface area contributed by atoms with E-state index in [0.717, 1.165) is 122 Å². The van der Waals surface area contributed by atoms with Gasteiger partial charge < -0.3 is 73.0 Å². The van der Waals surface area contributed by atoms with E-state index in [1.54, 1.807) is 15.9 Å². The van der Waals surface area contributed by atoms with Gasteiger partial charge in [-0.25, -0.2) is 11.0 Å². The largest absolute Gasteiger partial charge is 0.462 e. The van der Waals surface area contributed by atoms with E-state index in [0.29, 0.717) is 141 Å². The molecule has 0 aliphatic carbocycles. The molecule has 17 rings (SSSR count). The Kier molecular flexibility index (Phi) is 29.1. The summed E-state index contributed by atoms with van der Waals surface area (Å²) in [6, 6.07) is 41.4. The summed E-state index contributed by atoms with van der Waals surface area (Å²) in [5.41, 5.74) is 12.3. The molecule has 1 unspecified atom stereocenters. The molecule has 6 saturated heterocycles. The second kappa shape index (κ2) is 41.1. The predicted octanol–water partition coefficient (Wildman–Crippen LogP) is 10.9. The summed E-state index contributed by atoms with van der Waals surface area (Å²) in [7, 11) is 10.2. The van der Waals surface area contributed by atoms with Crippen molar-refractivity contribution in [3.8, 4) is 30.2 Å². The van der Waals surface area contributed by atoms with Crippen molar-refractivity contribution < 1.29 is 33.0 Å². The van der Waals surface area contributed by atoms with Gasteiger partial charge in [0.25, 0.3) is 0 Å². The number of piperazine rings is 3. The van der Waals surface area contributed by atoms with E-state index < -0.39 is 6.17 Å². The molecule has 0 saturated carbocycles. The smallest absolute Gasteiger partial charge is 0.318 e. The van der Waals surface area contributed by atoms with E-state index >= 15 is 0 Å². The Morgan fingerprint density at radius 3 is 1.56 bits per heavy atom. The molecule has 29 heteroatoms. The van der Waals surface area contributed by atoms with Crippen molar-refractivity contribution in [2.75, 3.05) is 196 Å². The summed E-state index contributed by atoms with van der Waals surface area (Å²) in [5, 5.41) is 24.0. The van der Waals surface area contributed by atoms with E-state index in [9.17, 15) is 29.3 Å². The van der Waals surface area contributed by atoms with Gasteiger partial charge in [0.05, 0.1) is 79.8 Å². The lowest BCUT2D eigenvalue weighted by atomic mass is 10.0. The first kappa shape index (κ1) is 89.7. The third-order valence-electron chi connectivity index (χ3n) is 26.9. The van der Waals surface area contributed by atoms with Gasteiger partial charge in [0.2, 0.25) is 24.3 Å². The first-order chi connectivity index (χ1) is 61.6. The van der Waals surface area contributed by atoms with Crippen LogP contribution in [0.3, 0.4) is 0 Å². The van der Waals surface area contributed by atoms with Crippen molar-refractivity contribution in [1.82, 2.24) is 64.2 Å². The lowest BCUT2D eigenvalue weighted by molar-refractivity contribution is -0.129. The second-order valence-electron chi connectivity index (χ2n) is 35.5. The van der Waals surface area contributed by atoms with Gasteiger partial charge in [-0.2, -0.15) is 40.4 Å². The fourth-order valence-corrected chi connectivity index (χ4v) is 19.8. The predicted molar refractivity (Wildman–Crippen MR) is 496 cm³/mol. The number of amides is 3. The second-order valence-corrected chi connectivity index (χ2v) is 35.5. The van der Waals surface area contributed by atoms with Crippen LogP contribution in [0.25, 0.3) is 26.4 Å². The van der Waals surface area contributed by atoms with Crippen molar-refractivity contribution in [2.45, 2.75) is 141 Å². The van der Waals surface area contributed by atoms with Crippen molar-refractivity contribution in [2.24, 2.45) is 5.92 Å². The lowest BCUT2D eigenvalue weighted by Crippen LogP contribution is -2.56. The molecule has 666 valence electrons. The number of carbonyl (C=O) groups is 3. The number of halogens is 1. The fraction of sp³-hybridized carbons (Fsp3) is 0.490. The minimum atomic E-state index is -0.948. The quantitative estimate of drug-likeness (QED) is 0.0426. The molecule has 8 aromatic rings. The highest BCUT2D eigenvalue weighted by atomic mass is 19.1. The van der Waals surface area contributed by atoms with Gasteiger partial charge >= 0.3 is 18.0 Å². The molecular weight excluding hydrogens is 1600 g/mol.